The van der Waals surface area contributed by atoms with Gasteiger partial charge >= 0.3 is 5.69 Å². The Kier molecular flexibility index (Phi) is 2.78. The molecule has 0 radical (unpaired) electrons. The van der Waals surface area contributed by atoms with Crippen LogP contribution in [0.5, 0.6) is 5.75 Å². The molecule has 1 atom stereocenters. The lowest BCUT2D eigenvalue weighted by atomic mass is 9.88. The van der Waals surface area contributed by atoms with Crippen LogP contribution in [-0.4, -0.2) is 23.2 Å². The molecule has 0 aliphatic heterocycles. The Morgan fingerprint density at radius 2 is 2.31 bits per heavy atom. The van der Waals surface area contributed by atoms with Gasteiger partial charge in [0.05, 0.1) is 18.1 Å². The van der Waals surface area contributed by atoms with Gasteiger partial charge < -0.3 is 9.84 Å². The number of fused-ring (bicyclic) bond motifs is 1. The first-order valence-corrected chi connectivity index (χ1v) is 5.14. The standard InChI is InChI=1S/C11H13NO4/c1-16-10-5-2-7-6-8(13)3-4-9(7)11(10)12(14)15/h2,5,8,13H,3-4,6H2,1H3. The summed E-state index contributed by atoms with van der Waals surface area (Å²) in [6.07, 6.45) is 1.20. The molecule has 1 aliphatic rings. The van der Waals surface area contributed by atoms with Crippen molar-refractivity contribution in [3.8, 4) is 5.75 Å². The Balaban J connectivity index is 2.55. The minimum Gasteiger partial charge on any atom is -0.490 e. The predicted octanol–water partition coefficient (Wildman–Crippen LogP) is 1.45. The molecule has 0 saturated carbocycles. The van der Waals surface area contributed by atoms with Gasteiger partial charge in [-0.2, -0.15) is 0 Å². The van der Waals surface area contributed by atoms with Crippen molar-refractivity contribution >= 4 is 5.69 Å². The second-order valence-corrected chi connectivity index (χ2v) is 3.91. The zero-order valence-electron chi connectivity index (χ0n) is 8.97. The maximum Gasteiger partial charge on any atom is 0.314 e. The van der Waals surface area contributed by atoms with Crippen molar-refractivity contribution in [1.82, 2.24) is 0 Å². The van der Waals surface area contributed by atoms with Crippen LogP contribution in [0.2, 0.25) is 0 Å². The molecule has 1 unspecified atom stereocenters. The fourth-order valence-corrected chi connectivity index (χ4v) is 2.16. The highest BCUT2D eigenvalue weighted by Gasteiger charge is 2.27. The summed E-state index contributed by atoms with van der Waals surface area (Å²) in [6, 6.07) is 3.39. The molecule has 5 heteroatoms. The molecule has 1 N–H and O–H groups in total. The van der Waals surface area contributed by atoms with Gasteiger partial charge in [0.2, 0.25) is 0 Å². The van der Waals surface area contributed by atoms with Crippen molar-refractivity contribution in [2.75, 3.05) is 7.11 Å². The maximum absolute atomic E-state index is 11.0. The molecule has 16 heavy (non-hydrogen) atoms. The molecule has 0 bridgehead atoms. The highest BCUT2D eigenvalue weighted by molar-refractivity contribution is 5.57. The number of nitrogens with zero attached hydrogens (tertiary/aromatic N) is 1. The number of aliphatic hydroxyl groups is 1. The van der Waals surface area contributed by atoms with Crippen molar-refractivity contribution in [3.63, 3.8) is 0 Å². The minimum atomic E-state index is -0.407. The molecule has 5 nitrogen and oxygen atoms in total. The molecular weight excluding hydrogens is 210 g/mol. The van der Waals surface area contributed by atoms with E-state index in [9.17, 15) is 15.2 Å². The summed E-state index contributed by atoms with van der Waals surface area (Å²) < 4.78 is 5.00. The normalized spacial score (nSPS) is 19.0. The number of nitro groups is 1. The van der Waals surface area contributed by atoms with Crippen LogP contribution in [0.1, 0.15) is 17.5 Å². The molecule has 1 aromatic carbocycles. The van der Waals surface area contributed by atoms with Crippen molar-refractivity contribution in [3.05, 3.63) is 33.4 Å². The van der Waals surface area contributed by atoms with Gasteiger partial charge in [-0.25, -0.2) is 0 Å². The van der Waals surface area contributed by atoms with Gasteiger partial charge in [-0.3, -0.25) is 10.1 Å². The van der Waals surface area contributed by atoms with E-state index in [0.717, 1.165) is 5.56 Å². The van der Waals surface area contributed by atoms with Crippen LogP contribution in [0.25, 0.3) is 0 Å². The summed E-state index contributed by atoms with van der Waals surface area (Å²) >= 11 is 0. The summed E-state index contributed by atoms with van der Waals surface area (Å²) in [6.45, 7) is 0. The van der Waals surface area contributed by atoms with Gasteiger partial charge in [-0.1, -0.05) is 6.07 Å². The first-order chi connectivity index (χ1) is 7.63. The Morgan fingerprint density at radius 1 is 1.56 bits per heavy atom. The zero-order chi connectivity index (χ0) is 11.7. The zero-order valence-corrected chi connectivity index (χ0v) is 8.97. The van der Waals surface area contributed by atoms with Gasteiger partial charge in [-0.15, -0.1) is 0 Å². The number of aliphatic hydroxyl groups excluding tert-OH is 1. The number of nitro benzene ring substituents is 1. The molecule has 0 fully saturated rings. The third kappa shape index (κ3) is 1.74. The molecule has 0 amide bonds. The third-order valence-corrected chi connectivity index (χ3v) is 2.93. The summed E-state index contributed by atoms with van der Waals surface area (Å²) in [5, 5.41) is 20.5. The number of hydrogen-bond donors (Lipinski definition) is 1. The molecule has 0 saturated heterocycles. The Bertz CT molecular complexity index is 430. The number of hydrogen-bond acceptors (Lipinski definition) is 4. The molecule has 86 valence electrons. The average Bonchev–Trinajstić information content (AvgIpc) is 2.26. The topological polar surface area (TPSA) is 72.6 Å². The SMILES string of the molecule is COc1ccc2c(c1[N+](=O)[O-])CCC(O)C2. The lowest BCUT2D eigenvalue weighted by molar-refractivity contribution is -0.386. The highest BCUT2D eigenvalue weighted by atomic mass is 16.6. The smallest absolute Gasteiger partial charge is 0.314 e. The molecule has 0 heterocycles. The monoisotopic (exact) mass is 223 g/mol. The number of ether oxygens (including phenoxy) is 1. The van der Waals surface area contributed by atoms with Gasteiger partial charge in [0.1, 0.15) is 0 Å². The summed E-state index contributed by atoms with van der Waals surface area (Å²) in [7, 11) is 1.42. The maximum atomic E-state index is 11.0. The largest absolute Gasteiger partial charge is 0.490 e. The second-order valence-electron chi connectivity index (χ2n) is 3.91. The van der Waals surface area contributed by atoms with Crippen LogP contribution in [0.15, 0.2) is 12.1 Å². The molecule has 1 aromatic rings. The van der Waals surface area contributed by atoms with E-state index in [1.165, 1.54) is 7.11 Å². The van der Waals surface area contributed by atoms with Crippen LogP contribution in [0.3, 0.4) is 0 Å². The quantitative estimate of drug-likeness (QED) is 0.608. The summed E-state index contributed by atoms with van der Waals surface area (Å²) in [5.41, 5.74) is 1.60. The van der Waals surface area contributed by atoms with Gasteiger partial charge in [0.25, 0.3) is 0 Å². The van der Waals surface area contributed by atoms with Crippen molar-refractivity contribution in [2.45, 2.75) is 25.4 Å². The molecule has 0 spiro atoms. The van der Waals surface area contributed by atoms with Crippen molar-refractivity contribution in [2.24, 2.45) is 0 Å². The van der Waals surface area contributed by atoms with Gasteiger partial charge in [0.15, 0.2) is 5.75 Å². The van der Waals surface area contributed by atoms with Crippen molar-refractivity contribution < 1.29 is 14.8 Å². The number of benzene rings is 1. The first kappa shape index (κ1) is 10.9. The van der Waals surface area contributed by atoms with Crippen LogP contribution in [0, 0.1) is 10.1 Å². The van der Waals surface area contributed by atoms with Gasteiger partial charge in [-0.05, 0) is 30.9 Å². The van der Waals surface area contributed by atoms with E-state index in [-0.39, 0.29) is 11.8 Å². The Labute approximate surface area is 92.8 Å². The van der Waals surface area contributed by atoms with Crippen LogP contribution >= 0.6 is 0 Å². The second kappa shape index (κ2) is 4.09. The van der Waals surface area contributed by atoms with E-state index >= 15 is 0 Å². The fourth-order valence-electron chi connectivity index (χ4n) is 2.16. The Hall–Kier alpha value is -1.62. The first-order valence-electron chi connectivity index (χ1n) is 5.14. The average molecular weight is 223 g/mol. The van der Waals surface area contributed by atoms with Gasteiger partial charge in [0, 0.05) is 5.56 Å². The fraction of sp³-hybridized carbons (Fsp3) is 0.455. The van der Waals surface area contributed by atoms with Crippen molar-refractivity contribution in [1.29, 1.82) is 0 Å². The van der Waals surface area contributed by atoms with E-state index in [2.05, 4.69) is 0 Å². The van der Waals surface area contributed by atoms with E-state index in [4.69, 9.17) is 4.74 Å². The van der Waals surface area contributed by atoms with E-state index in [1.807, 2.05) is 0 Å². The molecule has 2 rings (SSSR count). The Morgan fingerprint density at radius 3 is 2.94 bits per heavy atom. The number of rotatable bonds is 2. The van der Waals surface area contributed by atoms with Crippen LogP contribution in [0.4, 0.5) is 5.69 Å². The lowest BCUT2D eigenvalue weighted by Gasteiger charge is -2.20. The molecular formula is C11H13NO4. The lowest BCUT2D eigenvalue weighted by Crippen LogP contribution is -2.19. The van der Waals surface area contributed by atoms with E-state index in [1.54, 1.807) is 12.1 Å². The van der Waals surface area contributed by atoms with Crippen LogP contribution in [-0.2, 0) is 12.8 Å². The molecule has 1 aliphatic carbocycles. The number of methoxy groups -OCH3 is 1. The summed E-state index contributed by atoms with van der Waals surface area (Å²) in [4.78, 5) is 10.6. The van der Waals surface area contributed by atoms with E-state index in [0.29, 0.717) is 30.6 Å². The van der Waals surface area contributed by atoms with Crippen LogP contribution < -0.4 is 4.74 Å². The highest BCUT2D eigenvalue weighted by Crippen LogP contribution is 2.36. The molecule has 0 aromatic heterocycles. The predicted molar refractivity (Wildman–Crippen MR) is 57.7 cm³/mol. The summed E-state index contributed by atoms with van der Waals surface area (Å²) in [5.74, 6) is 0.292. The van der Waals surface area contributed by atoms with E-state index < -0.39 is 4.92 Å². The third-order valence-electron chi connectivity index (χ3n) is 2.93. The minimum absolute atomic E-state index is 0.0481.